The van der Waals surface area contributed by atoms with E-state index in [4.69, 9.17) is 25.8 Å². The summed E-state index contributed by atoms with van der Waals surface area (Å²) in [5.74, 6) is 0.285. The number of rotatable bonds is 13. The van der Waals surface area contributed by atoms with Crippen LogP contribution in [0.5, 0.6) is 11.5 Å². The van der Waals surface area contributed by atoms with E-state index in [1.54, 1.807) is 18.3 Å². The lowest BCUT2D eigenvalue weighted by molar-refractivity contribution is -0.130. The zero-order valence-corrected chi connectivity index (χ0v) is 22.2. The molecule has 1 aliphatic carbocycles. The maximum Gasteiger partial charge on any atom is 0.387 e. The van der Waals surface area contributed by atoms with Gasteiger partial charge in [-0.2, -0.15) is 8.78 Å². The summed E-state index contributed by atoms with van der Waals surface area (Å²) in [5.41, 5.74) is 1.61. The normalized spacial score (nSPS) is 15.4. The molecule has 0 bridgehead atoms. The van der Waals surface area contributed by atoms with Gasteiger partial charge in [0.2, 0.25) is 0 Å². The first-order chi connectivity index (χ1) is 15.9. The van der Waals surface area contributed by atoms with Crippen molar-refractivity contribution >= 4 is 19.7 Å². The Balaban J connectivity index is 1.64. The van der Waals surface area contributed by atoms with Gasteiger partial charge < -0.3 is 18.9 Å². The van der Waals surface area contributed by atoms with Gasteiger partial charge >= 0.3 is 6.61 Å². The number of aromatic nitrogens is 1. The highest BCUT2D eigenvalue weighted by Crippen LogP contribution is 2.39. The molecule has 1 heterocycles. The molecule has 2 aromatic rings. The predicted molar refractivity (Wildman–Crippen MR) is 132 cm³/mol. The van der Waals surface area contributed by atoms with Gasteiger partial charge in [0.15, 0.2) is 11.5 Å². The molecule has 0 spiro atoms. The second-order valence-electron chi connectivity index (χ2n) is 10.2. The SMILES string of the molecule is CC(C)(OCOCC[Si](C)(C)C)c1ccc(C(Cl)c2ccc(OC(F)F)c(OC3CC3)c2)cn1. The smallest absolute Gasteiger partial charge is 0.387 e. The minimum Gasteiger partial charge on any atom is -0.487 e. The van der Waals surface area contributed by atoms with Crippen molar-refractivity contribution in [3.8, 4) is 11.5 Å². The van der Waals surface area contributed by atoms with E-state index < -0.39 is 25.7 Å². The van der Waals surface area contributed by atoms with E-state index in [1.165, 1.54) is 6.07 Å². The van der Waals surface area contributed by atoms with Gasteiger partial charge in [0, 0.05) is 20.9 Å². The molecule has 0 amide bonds. The van der Waals surface area contributed by atoms with Crippen LogP contribution in [0.3, 0.4) is 0 Å². The van der Waals surface area contributed by atoms with Crippen LogP contribution >= 0.6 is 11.6 Å². The Morgan fingerprint density at radius 3 is 2.38 bits per heavy atom. The van der Waals surface area contributed by atoms with Gasteiger partial charge in [-0.25, -0.2) is 0 Å². The summed E-state index contributed by atoms with van der Waals surface area (Å²) >= 11 is 6.70. The molecule has 1 saturated carbocycles. The Kier molecular flexibility index (Phi) is 8.95. The zero-order valence-electron chi connectivity index (χ0n) is 20.4. The molecule has 9 heteroatoms. The van der Waals surface area contributed by atoms with E-state index >= 15 is 0 Å². The highest BCUT2D eigenvalue weighted by Gasteiger charge is 2.27. The van der Waals surface area contributed by atoms with Gasteiger partial charge in [-0.15, -0.1) is 11.6 Å². The fraction of sp³-hybridized carbons (Fsp3) is 0.560. The van der Waals surface area contributed by atoms with Gasteiger partial charge in [0.25, 0.3) is 0 Å². The number of pyridine rings is 1. The molecule has 0 aliphatic heterocycles. The summed E-state index contributed by atoms with van der Waals surface area (Å²) in [6.07, 6.45) is 3.53. The van der Waals surface area contributed by atoms with Crippen molar-refractivity contribution in [3.05, 3.63) is 53.3 Å². The summed E-state index contributed by atoms with van der Waals surface area (Å²) in [5, 5.41) is -0.530. The largest absolute Gasteiger partial charge is 0.487 e. The first-order valence-corrected chi connectivity index (χ1v) is 15.7. The van der Waals surface area contributed by atoms with Gasteiger partial charge in [0.05, 0.1) is 17.2 Å². The van der Waals surface area contributed by atoms with Gasteiger partial charge in [-0.1, -0.05) is 31.8 Å². The number of ether oxygens (including phenoxy) is 4. The van der Waals surface area contributed by atoms with Crippen molar-refractivity contribution < 1.29 is 27.7 Å². The average molecular weight is 514 g/mol. The first kappa shape index (κ1) is 26.9. The summed E-state index contributed by atoms with van der Waals surface area (Å²) in [4.78, 5) is 4.56. The molecule has 1 fully saturated rings. The molecule has 34 heavy (non-hydrogen) atoms. The number of benzene rings is 1. The van der Waals surface area contributed by atoms with Crippen LogP contribution in [0.15, 0.2) is 36.5 Å². The molecule has 1 unspecified atom stereocenters. The molecule has 3 rings (SSSR count). The van der Waals surface area contributed by atoms with Crippen LogP contribution in [0.1, 0.15) is 48.9 Å². The van der Waals surface area contributed by atoms with Crippen molar-refractivity contribution in [2.75, 3.05) is 13.4 Å². The fourth-order valence-corrected chi connectivity index (χ4v) is 4.16. The van der Waals surface area contributed by atoms with E-state index in [2.05, 4.69) is 29.4 Å². The van der Waals surface area contributed by atoms with Crippen LogP contribution < -0.4 is 9.47 Å². The van der Waals surface area contributed by atoms with E-state index in [1.807, 2.05) is 26.0 Å². The summed E-state index contributed by atoms with van der Waals surface area (Å²) < 4.78 is 47.4. The molecule has 1 aromatic carbocycles. The Bertz CT molecular complexity index is 934. The van der Waals surface area contributed by atoms with Gasteiger partial charge in [-0.3, -0.25) is 4.98 Å². The molecule has 0 saturated heterocycles. The third kappa shape index (κ3) is 8.18. The molecule has 0 N–H and O–H groups in total. The first-order valence-electron chi connectivity index (χ1n) is 11.5. The Hall–Kier alpha value is -1.74. The number of hydrogen-bond donors (Lipinski definition) is 0. The van der Waals surface area contributed by atoms with E-state index in [9.17, 15) is 8.78 Å². The van der Waals surface area contributed by atoms with E-state index in [0.717, 1.165) is 30.1 Å². The Morgan fingerprint density at radius 1 is 1.09 bits per heavy atom. The molecule has 1 atom stereocenters. The molecule has 5 nitrogen and oxygen atoms in total. The summed E-state index contributed by atoms with van der Waals surface area (Å²) in [7, 11) is -1.14. The lowest BCUT2D eigenvalue weighted by Gasteiger charge is -2.25. The minimum atomic E-state index is -2.92. The topological polar surface area (TPSA) is 49.8 Å². The van der Waals surface area contributed by atoms with Crippen molar-refractivity contribution in [1.29, 1.82) is 0 Å². The lowest BCUT2D eigenvalue weighted by atomic mass is 10.0. The monoisotopic (exact) mass is 513 g/mol. The van der Waals surface area contributed by atoms with Crippen molar-refractivity contribution in [3.63, 3.8) is 0 Å². The third-order valence-electron chi connectivity index (χ3n) is 5.49. The predicted octanol–water partition coefficient (Wildman–Crippen LogP) is 7.12. The minimum absolute atomic E-state index is 0.00829. The zero-order chi connectivity index (χ0) is 24.9. The molecule has 0 radical (unpaired) electrons. The summed E-state index contributed by atoms with van der Waals surface area (Å²) in [6.45, 7) is 8.79. The lowest BCUT2D eigenvalue weighted by Crippen LogP contribution is -2.26. The maximum atomic E-state index is 12.7. The van der Waals surface area contributed by atoms with E-state index in [0.29, 0.717) is 12.2 Å². The second-order valence-corrected chi connectivity index (χ2v) is 16.3. The number of hydrogen-bond acceptors (Lipinski definition) is 5. The third-order valence-corrected chi connectivity index (χ3v) is 7.70. The average Bonchev–Trinajstić information content (AvgIpc) is 3.57. The molecular formula is C25H34ClF2NO4Si. The molecular weight excluding hydrogens is 480 g/mol. The van der Waals surface area contributed by atoms with Crippen molar-refractivity contribution in [2.24, 2.45) is 0 Å². The highest BCUT2D eigenvalue weighted by atomic mass is 35.5. The van der Waals surface area contributed by atoms with Crippen molar-refractivity contribution in [1.82, 2.24) is 4.98 Å². The van der Waals surface area contributed by atoms with Crippen LogP contribution in [-0.2, 0) is 15.1 Å². The van der Waals surface area contributed by atoms with Crippen LogP contribution in [-0.4, -0.2) is 39.2 Å². The molecule has 1 aliphatic rings. The van der Waals surface area contributed by atoms with Crippen molar-refractivity contribution in [2.45, 2.75) is 76.1 Å². The second kappa shape index (κ2) is 11.3. The highest BCUT2D eigenvalue weighted by molar-refractivity contribution is 6.76. The van der Waals surface area contributed by atoms with Gasteiger partial charge in [-0.05, 0) is 62.1 Å². The van der Waals surface area contributed by atoms with Gasteiger partial charge in [0.1, 0.15) is 12.4 Å². The van der Waals surface area contributed by atoms with Crippen LogP contribution in [0.25, 0.3) is 0 Å². The molecule has 1 aromatic heterocycles. The number of nitrogens with zero attached hydrogens (tertiary/aromatic N) is 1. The Labute approximate surface area is 206 Å². The van der Waals surface area contributed by atoms with E-state index in [-0.39, 0.29) is 24.4 Å². The quantitative estimate of drug-likeness (QED) is 0.123. The standard InChI is InChI=1S/C25H34ClF2NO4Si/c1-25(2,31-16-30-12-13-34(3,4)5)22-11-7-18(15-29-22)23(26)17-6-10-20(33-24(27)28)21(14-17)32-19-8-9-19/h6-7,10-11,14-15,19,23-24H,8-9,12-13,16H2,1-5H3. The van der Waals surface area contributed by atoms with Crippen LogP contribution in [0.4, 0.5) is 8.78 Å². The molecule has 188 valence electrons. The maximum absolute atomic E-state index is 12.7. The Morgan fingerprint density at radius 2 is 1.79 bits per heavy atom. The number of alkyl halides is 3. The van der Waals surface area contributed by atoms with Crippen LogP contribution in [0.2, 0.25) is 25.7 Å². The number of halogens is 3. The summed E-state index contributed by atoms with van der Waals surface area (Å²) in [6, 6.07) is 9.64. The fourth-order valence-electron chi connectivity index (χ4n) is 3.14. The van der Waals surface area contributed by atoms with Crippen LogP contribution in [0, 0.1) is 0 Å².